The van der Waals surface area contributed by atoms with Crippen molar-refractivity contribution in [2.24, 2.45) is 11.8 Å². The fraction of sp³-hybridized carbons (Fsp3) is 0.800. The van der Waals surface area contributed by atoms with E-state index in [0.29, 0.717) is 4.83 Å². The van der Waals surface area contributed by atoms with Gasteiger partial charge < -0.3 is 0 Å². The molecule has 102 valence electrons. The molecule has 1 aliphatic carbocycles. The normalized spacial score (nSPS) is 28.6. The summed E-state index contributed by atoms with van der Waals surface area (Å²) in [6.07, 6.45) is 8.07. The standard InChI is InChI=1S/C15H24BrNS/c1-4-5-12-6-7-14(16)13(8-12)9-15-17-10(2)11(3)18-15/h12-14H,4-9H2,1-3H3. The molecule has 0 spiro atoms. The van der Waals surface area contributed by atoms with Crippen molar-refractivity contribution in [1.29, 1.82) is 0 Å². The van der Waals surface area contributed by atoms with Crippen LogP contribution in [0.5, 0.6) is 0 Å². The first-order chi connectivity index (χ1) is 8.60. The van der Waals surface area contributed by atoms with E-state index in [1.807, 2.05) is 11.3 Å². The van der Waals surface area contributed by atoms with Gasteiger partial charge in [-0.3, -0.25) is 0 Å². The molecule has 0 radical (unpaired) electrons. The van der Waals surface area contributed by atoms with Gasteiger partial charge >= 0.3 is 0 Å². The molecular weight excluding hydrogens is 306 g/mol. The number of halogens is 1. The van der Waals surface area contributed by atoms with Crippen LogP contribution in [-0.4, -0.2) is 9.81 Å². The maximum atomic E-state index is 4.71. The number of aryl methyl sites for hydroxylation is 2. The SMILES string of the molecule is CCCC1CCC(Br)C(Cc2nc(C)c(C)s2)C1. The fourth-order valence-corrected chi connectivity index (χ4v) is 4.75. The molecule has 3 heteroatoms. The smallest absolute Gasteiger partial charge is 0.0934 e. The predicted molar refractivity (Wildman–Crippen MR) is 83.7 cm³/mol. The molecule has 0 bridgehead atoms. The van der Waals surface area contributed by atoms with Crippen LogP contribution in [0.3, 0.4) is 0 Å². The molecule has 0 aliphatic heterocycles. The molecule has 1 fully saturated rings. The first-order valence-corrected chi connectivity index (χ1v) is 8.90. The van der Waals surface area contributed by atoms with Gasteiger partial charge in [0.05, 0.1) is 10.7 Å². The van der Waals surface area contributed by atoms with E-state index in [2.05, 4.69) is 36.7 Å². The molecule has 1 nitrogen and oxygen atoms in total. The number of rotatable bonds is 4. The van der Waals surface area contributed by atoms with Crippen molar-refractivity contribution >= 4 is 27.3 Å². The summed E-state index contributed by atoms with van der Waals surface area (Å²) in [5, 5.41) is 1.34. The van der Waals surface area contributed by atoms with Crippen molar-refractivity contribution in [3.8, 4) is 0 Å². The van der Waals surface area contributed by atoms with Gasteiger partial charge in [-0.1, -0.05) is 35.7 Å². The quantitative estimate of drug-likeness (QED) is 0.684. The Labute approximate surface area is 124 Å². The Kier molecular flexibility index (Phi) is 5.25. The van der Waals surface area contributed by atoms with Crippen LogP contribution in [0.25, 0.3) is 0 Å². The summed E-state index contributed by atoms with van der Waals surface area (Å²) in [5.74, 6) is 1.75. The lowest BCUT2D eigenvalue weighted by atomic mass is 9.78. The Bertz CT molecular complexity index is 368. The minimum absolute atomic E-state index is 0.704. The maximum absolute atomic E-state index is 4.71. The summed E-state index contributed by atoms with van der Waals surface area (Å²) in [7, 11) is 0. The Balaban J connectivity index is 1.97. The highest BCUT2D eigenvalue weighted by molar-refractivity contribution is 9.09. The van der Waals surface area contributed by atoms with Gasteiger partial charge in [-0.2, -0.15) is 0 Å². The third kappa shape index (κ3) is 3.57. The van der Waals surface area contributed by atoms with Gasteiger partial charge in [-0.25, -0.2) is 4.98 Å². The van der Waals surface area contributed by atoms with Crippen LogP contribution in [0.1, 0.15) is 54.6 Å². The minimum atomic E-state index is 0.704. The van der Waals surface area contributed by atoms with Crippen LogP contribution in [-0.2, 0) is 6.42 Å². The second kappa shape index (κ2) is 6.51. The molecule has 1 heterocycles. The van der Waals surface area contributed by atoms with Gasteiger partial charge in [0.25, 0.3) is 0 Å². The predicted octanol–water partition coefficient (Wildman–Crippen LogP) is 5.28. The first kappa shape index (κ1) is 14.5. The lowest BCUT2D eigenvalue weighted by Gasteiger charge is -2.32. The Hall–Kier alpha value is 0.110. The van der Waals surface area contributed by atoms with Crippen molar-refractivity contribution in [2.75, 3.05) is 0 Å². The van der Waals surface area contributed by atoms with E-state index in [1.165, 1.54) is 54.1 Å². The van der Waals surface area contributed by atoms with Crippen LogP contribution < -0.4 is 0 Å². The zero-order valence-electron chi connectivity index (χ0n) is 11.7. The van der Waals surface area contributed by atoms with Gasteiger partial charge in [0.1, 0.15) is 0 Å². The van der Waals surface area contributed by atoms with E-state index in [0.717, 1.165) is 11.8 Å². The summed E-state index contributed by atoms with van der Waals surface area (Å²) in [6, 6.07) is 0. The molecule has 0 amide bonds. The monoisotopic (exact) mass is 329 g/mol. The zero-order valence-corrected chi connectivity index (χ0v) is 14.1. The summed E-state index contributed by atoms with van der Waals surface area (Å²) < 4.78 is 0. The third-order valence-corrected chi connectivity index (χ3v) is 6.51. The second-order valence-corrected chi connectivity index (χ2v) is 8.16. The van der Waals surface area contributed by atoms with Crippen LogP contribution in [0.2, 0.25) is 0 Å². The molecule has 0 aromatic carbocycles. The molecule has 1 aromatic heterocycles. The van der Waals surface area contributed by atoms with Crippen LogP contribution >= 0.6 is 27.3 Å². The number of thiazole rings is 1. The van der Waals surface area contributed by atoms with Crippen molar-refractivity contribution in [3.05, 3.63) is 15.6 Å². The number of alkyl halides is 1. The lowest BCUT2D eigenvalue weighted by Crippen LogP contribution is -2.26. The Morgan fingerprint density at radius 3 is 2.72 bits per heavy atom. The van der Waals surface area contributed by atoms with E-state index in [9.17, 15) is 0 Å². The summed E-state index contributed by atoms with van der Waals surface area (Å²) in [5.41, 5.74) is 1.22. The van der Waals surface area contributed by atoms with Crippen LogP contribution in [0.15, 0.2) is 0 Å². The van der Waals surface area contributed by atoms with Crippen molar-refractivity contribution in [1.82, 2.24) is 4.98 Å². The molecule has 1 aliphatic rings. The number of hydrogen-bond acceptors (Lipinski definition) is 2. The van der Waals surface area contributed by atoms with Gasteiger partial charge in [-0.15, -0.1) is 11.3 Å². The van der Waals surface area contributed by atoms with E-state index < -0.39 is 0 Å². The Morgan fingerprint density at radius 2 is 2.11 bits per heavy atom. The molecule has 18 heavy (non-hydrogen) atoms. The zero-order chi connectivity index (χ0) is 13.1. The van der Waals surface area contributed by atoms with Crippen molar-refractivity contribution in [3.63, 3.8) is 0 Å². The van der Waals surface area contributed by atoms with E-state index >= 15 is 0 Å². The maximum Gasteiger partial charge on any atom is 0.0934 e. The molecule has 3 atom stereocenters. The van der Waals surface area contributed by atoms with Crippen LogP contribution in [0.4, 0.5) is 0 Å². The number of aromatic nitrogens is 1. The molecule has 1 aromatic rings. The van der Waals surface area contributed by atoms with Gasteiger partial charge in [0.2, 0.25) is 0 Å². The summed E-state index contributed by atoms with van der Waals surface area (Å²) >= 11 is 5.79. The molecule has 0 N–H and O–H groups in total. The molecular formula is C15H24BrNS. The van der Waals surface area contributed by atoms with E-state index in [-0.39, 0.29) is 0 Å². The topological polar surface area (TPSA) is 12.9 Å². The highest BCUT2D eigenvalue weighted by Crippen LogP contribution is 2.38. The van der Waals surface area contributed by atoms with Crippen molar-refractivity contribution in [2.45, 2.75) is 64.1 Å². The highest BCUT2D eigenvalue weighted by atomic mass is 79.9. The minimum Gasteiger partial charge on any atom is -0.246 e. The summed E-state index contributed by atoms with van der Waals surface area (Å²) in [4.78, 5) is 6.80. The molecule has 1 saturated carbocycles. The number of hydrogen-bond donors (Lipinski definition) is 0. The average Bonchev–Trinajstić information content (AvgIpc) is 2.63. The summed E-state index contributed by atoms with van der Waals surface area (Å²) in [6.45, 7) is 6.62. The van der Waals surface area contributed by atoms with Gasteiger partial charge in [-0.05, 0) is 44.9 Å². The van der Waals surface area contributed by atoms with Crippen LogP contribution in [0, 0.1) is 25.7 Å². The third-order valence-electron chi connectivity index (χ3n) is 4.20. The van der Waals surface area contributed by atoms with E-state index in [4.69, 9.17) is 4.98 Å². The van der Waals surface area contributed by atoms with Gasteiger partial charge in [0.15, 0.2) is 0 Å². The second-order valence-electron chi connectivity index (χ2n) is 5.70. The highest BCUT2D eigenvalue weighted by Gasteiger charge is 2.29. The van der Waals surface area contributed by atoms with Crippen molar-refractivity contribution < 1.29 is 0 Å². The van der Waals surface area contributed by atoms with E-state index in [1.54, 1.807) is 0 Å². The molecule has 2 rings (SSSR count). The first-order valence-electron chi connectivity index (χ1n) is 7.17. The largest absolute Gasteiger partial charge is 0.246 e. The number of nitrogens with zero attached hydrogens (tertiary/aromatic N) is 1. The molecule has 0 saturated heterocycles. The Morgan fingerprint density at radius 1 is 1.33 bits per heavy atom. The fourth-order valence-electron chi connectivity index (χ4n) is 3.06. The van der Waals surface area contributed by atoms with Gasteiger partial charge in [0, 0.05) is 16.1 Å². The lowest BCUT2D eigenvalue weighted by molar-refractivity contribution is 0.263. The molecule has 3 unspecified atom stereocenters. The average molecular weight is 330 g/mol.